The molecule has 1 atom stereocenters. The highest BCUT2D eigenvalue weighted by Gasteiger charge is 2.11. The summed E-state index contributed by atoms with van der Waals surface area (Å²) >= 11 is 0. The number of furan rings is 1. The molecule has 1 unspecified atom stereocenters. The lowest BCUT2D eigenvalue weighted by Gasteiger charge is -2.09. The Kier molecular flexibility index (Phi) is 3.52. The van der Waals surface area contributed by atoms with Crippen molar-refractivity contribution < 1.29 is 8.94 Å². The first-order valence-corrected chi connectivity index (χ1v) is 6.73. The van der Waals surface area contributed by atoms with Gasteiger partial charge in [-0.25, -0.2) is 0 Å². The van der Waals surface area contributed by atoms with Crippen molar-refractivity contribution in [3.63, 3.8) is 0 Å². The van der Waals surface area contributed by atoms with Gasteiger partial charge in [-0.15, -0.1) is 0 Å². The van der Waals surface area contributed by atoms with E-state index in [1.165, 1.54) is 0 Å². The minimum atomic E-state index is 0.145. The van der Waals surface area contributed by atoms with Crippen LogP contribution >= 0.6 is 0 Å². The second-order valence-corrected chi connectivity index (χ2v) is 4.85. The summed E-state index contributed by atoms with van der Waals surface area (Å²) in [5.74, 6) is 2.27. The number of hydrogen-bond donors (Lipinski definition) is 1. The average molecular weight is 271 g/mol. The maximum absolute atomic E-state index is 5.82. The van der Waals surface area contributed by atoms with Crippen LogP contribution in [0.1, 0.15) is 30.4 Å². The molecule has 2 heterocycles. The molecule has 2 aromatic heterocycles. The zero-order valence-corrected chi connectivity index (χ0v) is 11.6. The number of para-hydroxylation sites is 1. The van der Waals surface area contributed by atoms with Gasteiger partial charge in [-0.05, 0) is 26.0 Å². The van der Waals surface area contributed by atoms with Crippen molar-refractivity contribution in [2.24, 2.45) is 0 Å². The molecule has 1 aromatic carbocycles. The Hall–Kier alpha value is -2.14. The standard InChI is InChI=1S/C15H17N3O2/c1-10(16-8-7-15-17-11(2)18-20-15)14-9-12-5-3-4-6-13(12)19-14/h3-6,9-10,16H,7-8H2,1-2H3. The van der Waals surface area contributed by atoms with Gasteiger partial charge in [0.15, 0.2) is 5.82 Å². The van der Waals surface area contributed by atoms with Gasteiger partial charge >= 0.3 is 0 Å². The fourth-order valence-corrected chi connectivity index (χ4v) is 2.15. The molecule has 0 aliphatic heterocycles. The Balaban J connectivity index is 1.59. The van der Waals surface area contributed by atoms with E-state index in [0.717, 1.165) is 23.3 Å². The van der Waals surface area contributed by atoms with Crippen LogP contribution in [0.15, 0.2) is 39.3 Å². The van der Waals surface area contributed by atoms with E-state index >= 15 is 0 Å². The maximum atomic E-state index is 5.82. The number of nitrogens with zero attached hydrogens (tertiary/aromatic N) is 2. The summed E-state index contributed by atoms with van der Waals surface area (Å²) in [5, 5.41) is 8.29. The van der Waals surface area contributed by atoms with Crippen molar-refractivity contribution in [3.8, 4) is 0 Å². The van der Waals surface area contributed by atoms with Gasteiger partial charge in [-0.2, -0.15) is 4.98 Å². The van der Waals surface area contributed by atoms with E-state index in [1.54, 1.807) is 0 Å². The van der Waals surface area contributed by atoms with Crippen LogP contribution in [0.3, 0.4) is 0 Å². The molecular formula is C15H17N3O2. The van der Waals surface area contributed by atoms with Crippen LogP contribution in [0.2, 0.25) is 0 Å². The van der Waals surface area contributed by atoms with Gasteiger partial charge in [-0.3, -0.25) is 0 Å². The SMILES string of the molecule is Cc1noc(CCNC(C)c2cc3ccccc3o2)n1. The summed E-state index contributed by atoms with van der Waals surface area (Å²) in [5.41, 5.74) is 0.920. The summed E-state index contributed by atoms with van der Waals surface area (Å²) in [6.45, 7) is 4.66. The van der Waals surface area contributed by atoms with Crippen LogP contribution in [-0.4, -0.2) is 16.7 Å². The lowest BCUT2D eigenvalue weighted by molar-refractivity contribution is 0.367. The number of fused-ring (bicyclic) bond motifs is 1. The molecule has 3 aromatic rings. The fourth-order valence-electron chi connectivity index (χ4n) is 2.15. The number of nitrogens with one attached hydrogen (secondary N) is 1. The topological polar surface area (TPSA) is 64.1 Å². The molecule has 0 saturated carbocycles. The first kappa shape index (κ1) is 12.9. The molecule has 0 bridgehead atoms. The second kappa shape index (κ2) is 5.46. The molecule has 0 radical (unpaired) electrons. The highest BCUT2D eigenvalue weighted by Crippen LogP contribution is 2.23. The Morgan fingerprint density at radius 1 is 1.30 bits per heavy atom. The van der Waals surface area contributed by atoms with E-state index in [-0.39, 0.29) is 6.04 Å². The van der Waals surface area contributed by atoms with Gasteiger partial charge in [0.1, 0.15) is 11.3 Å². The van der Waals surface area contributed by atoms with E-state index in [1.807, 2.05) is 25.1 Å². The molecule has 0 aliphatic rings. The number of rotatable bonds is 5. The van der Waals surface area contributed by atoms with Crippen molar-refractivity contribution in [3.05, 3.63) is 47.8 Å². The summed E-state index contributed by atoms with van der Waals surface area (Å²) in [6, 6.07) is 10.2. The van der Waals surface area contributed by atoms with Crippen molar-refractivity contribution in [2.75, 3.05) is 6.54 Å². The van der Waals surface area contributed by atoms with Crippen LogP contribution in [0, 0.1) is 6.92 Å². The molecule has 5 nitrogen and oxygen atoms in total. The predicted octanol–water partition coefficient (Wildman–Crippen LogP) is 3.02. The molecule has 0 fully saturated rings. The smallest absolute Gasteiger partial charge is 0.227 e. The molecule has 0 saturated heterocycles. The lowest BCUT2D eigenvalue weighted by atomic mass is 10.2. The summed E-state index contributed by atoms with van der Waals surface area (Å²) < 4.78 is 10.9. The molecular weight excluding hydrogens is 254 g/mol. The molecule has 1 N–H and O–H groups in total. The second-order valence-electron chi connectivity index (χ2n) is 4.85. The van der Waals surface area contributed by atoms with Gasteiger partial charge in [0.2, 0.25) is 5.89 Å². The van der Waals surface area contributed by atoms with Crippen LogP contribution < -0.4 is 5.32 Å². The minimum absolute atomic E-state index is 0.145. The van der Waals surface area contributed by atoms with Crippen molar-refractivity contribution in [1.82, 2.24) is 15.5 Å². The monoisotopic (exact) mass is 271 g/mol. The van der Waals surface area contributed by atoms with Crippen LogP contribution in [0.4, 0.5) is 0 Å². The molecule has 0 spiro atoms. The van der Waals surface area contributed by atoms with Crippen molar-refractivity contribution >= 4 is 11.0 Å². The van der Waals surface area contributed by atoms with Crippen LogP contribution in [-0.2, 0) is 6.42 Å². The maximum Gasteiger partial charge on any atom is 0.227 e. The van der Waals surface area contributed by atoms with Gasteiger partial charge in [-0.1, -0.05) is 23.4 Å². The van der Waals surface area contributed by atoms with Gasteiger partial charge in [0.05, 0.1) is 6.04 Å². The third-order valence-corrected chi connectivity index (χ3v) is 3.23. The summed E-state index contributed by atoms with van der Waals surface area (Å²) in [4.78, 5) is 4.17. The molecule has 0 amide bonds. The van der Waals surface area contributed by atoms with E-state index in [2.05, 4.69) is 34.5 Å². The Bertz CT molecular complexity index is 669. The summed E-state index contributed by atoms with van der Waals surface area (Å²) in [6.07, 6.45) is 0.714. The number of hydrogen-bond acceptors (Lipinski definition) is 5. The zero-order valence-electron chi connectivity index (χ0n) is 11.6. The lowest BCUT2D eigenvalue weighted by Crippen LogP contribution is -2.21. The molecule has 104 valence electrons. The molecule has 0 aliphatic carbocycles. The minimum Gasteiger partial charge on any atom is -0.459 e. The number of benzene rings is 1. The van der Waals surface area contributed by atoms with E-state index in [4.69, 9.17) is 8.94 Å². The predicted molar refractivity (Wildman–Crippen MR) is 75.4 cm³/mol. The zero-order chi connectivity index (χ0) is 13.9. The van der Waals surface area contributed by atoms with E-state index < -0.39 is 0 Å². The molecule has 5 heteroatoms. The van der Waals surface area contributed by atoms with E-state index in [9.17, 15) is 0 Å². The van der Waals surface area contributed by atoms with Crippen molar-refractivity contribution in [2.45, 2.75) is 26.3 Å². The van der Waals surface area contributed by atoms with Crippen LogP contribution in [0.5, 0.6) is 0 Å². The largest absolute Gasteiger partial charge is 0.459 e. The first-order chi connectivity index (χ1) is 9.72. The Morgan fingerprint density at radius 2 is 2.15 bits per heavy atom. The normalized spacial score (nSPS) is 12.9. The van der Waals surface area contributed by atoms with Gasteiger partial charge < -0.3 is 14.3 Å². The van der Waals surface area contributed by atoms with Gasteiger partial charge in [0.25, 0.3) is 0 Å². The highest BCUT2D eigenvalue weighted by molar-refractivity contribution is 5.77. The van der Waals surface area contributed by atoms with Crippen LogP contribution in [0.25, 0.3) is 11.0 Å². The Labute approximate surface area is 117 Å². The molecule has 3 rings (SSSR count). The van der Waals surface area contributed by atoms with E-state index in [0.29, 0.717) is 18.1 Å². The average Bonchev–Trinajstić information content (AvgIpc) is 3.04. The van der Waals surface area contributed by atoms with Crippen molar-refractivity contribution in [1.29, 1.82) is 0 Å². The fraction of sp³-hybridized carbons (Fsp3) is 0.333. The molecule has 20 heavy (non-hydrogen) atoms. The first-order valence-electron chi connectivity index (χ1n) is 6.73. The quantitative estimate of drug-likeness (QED) is 0.772. The number of aryl methyl sites for hydroxylation is 1. The van der Waals surface area contributed by atoms with Gasteiger partial charge in [0, 0.05) is 18.4 Å². The Morgan fingerprint density at radius 3 is 2.90 bits per heavy atom. The third-order valence-electron chi connectivity index (χ3n) is 3.23. The highest BCUT2D eigenvalue weighted by atomic mass is 16.5. The number of aromatic nitrogens is 2. The summed E-state index contributed by atoms with van der Waals surface area (Å²) in [7, 11) is 0. The third kappa shape index (κ3) is 2.72.